The molecule has 2 unspecified atom stereocenters. The fraction of sp³-hybridized carbons (Fsp3) is 1.00. The Hall–Kier alpha value is -0.0800. The molecule has 1 aliphatic rings. The van der Waals surface area contributed by atoms with Crippen molar-refractivity contribution in [2.75, 3.05) is 0 Å². The van der Waals surface area contributed by atoms with Gasteiger partial charge in [-0.15, -0.1) is 0 Å². The lowest BCUT2D eigenvalue weighted by Gasteiger charge is -2.47. The number of aliphatic hydroxyl groups is 2. The Morgan fingerprint density at radius 3 is 2.18 bits per heavy atom. The van der Waals surface area contributed by atoms with E-state index in [1.165, 1.54) is 0 Å². The zero-order valence-electron chi connectivity index (χ0n) is 7.59. The molecule has 0 aromatic heterocycles. The average Bonchev–Trinajstić information content (AvgIpc) is 1.84. The van der Waals surface area contributed by atoms with E-state index in [1.807, 2.05) is 20.8 Å². The first-order valence-corrected chi connectivity index (χ1v) is 4.28. The van der Waals surface area contributed by atoms with E-state index in [-0.39, 0.29) is 11.5 Å². The molecule has 0 saturated heterocycles. The molecule has 0 bridgehead atoms. The maximum Gasteiger partial charge on any atom is 0.0695 e. The van der Waals surface area contributed by atoms with Crippen molar-refractivity contribution >= 4 is 0 Å². The second kappa shape index (κ2) is 2.46. The zero-order valence-corrected chi connectivity index (χ0v) is 7.59. The normalized spacial score (nSPS) is 43.9. The second-order valence-corrected chi connectivity index (χ2v) is 4.40. The van der Waals surface area contributed by atoms with Gasteiger partial charge in [-0.1, -0.05) is 13.8 Å². The lowest BCUT2D eigenvalue weighted by atomic mass is 9.65. The van der Waals surface area contributed by atoms with Crippen molar-refractivity contribution < 1.29 is 10.2 Å². The summed E-state index contributed by atoms with van der Waals surface area (Å²) < 4.78 is 0. The summed E-state index contributed by atoms with van der Waals surface area (Å²) in [6.45, 7) is 5.67. The van der Waals surface area contributed by atoms with E-state index in [0.29, 0.717) is 0 Å². The third kappa shape index (κ3) is 1.30. The smallest absolute Gasteiger partial charge is 0.0695 e. The van der Waals surface area contributed by atoms with Crippen LogP contribution in [-0.2, 0) is 0 Å². The minimum Gasteiger partial charge on any atom is -0.392 e. The first-order valence-electron chi connectivity index (χ1n) is 4.28. The van der Waals surface area contributed by atoms with Gasteiger partial charge in [-0.2, -0.15) is 0 Å². The molecule has 2 atom stereocenters. The van der Waals surface area contributed by atoms with Crippen LogP contribution in [0.15, 0.2) is 0 Å². The highest BCUT2D eigenvalue weighted by atomic mass is 16.3. The maximum absolute atomic E-state index is 9.91. The number of hydrogen-bond donors (Lipinski definition) is 2. The molecule has 0 amide bonds. The Morgan fingerprint density at radius 1 is 1.27 bits per heavy atom. The first kappa shape index (κ1) is 9.01. The van der Waals surface area contributed by atoms with Crippen molar-refractivity contribution in [2.45, 2.75) is 51.7 Å². The molecule has 11 heavy (non-hydrogen) atoms. The summed E-state index contributed by atoms with van der Waals surface area (Å²) in [5.74, 6) is 0. The van der Waals surface area contributed by atoms with Gasteiger partial charge in [0.15, 0.2) is 0 Å². The van der Waals surface area contributed by atoms with Crippen molar-refractivity contribution in [3.8, 4) is 0 Å². The van der Waals surface area contributed by atoms with Gasteiger partial charge >= 0.3 is 0 Å². The third-order valence-corrected chi connectivity index (χ3v) is 3.36. The van der Waals surface area contributed by atoms with Crippen LogP contribution in [0.1, 0.15) is 40.0 Å². The van der Waals surface area contributed by atoms with E-state index in [2.05, 4.69) is 0 Å². The van der Waals surface area contributed by atoms with Crippen LogP contribution in [0.25, 0.3) is 0 Å². The number of rotatable bonds is 0. The summed E-state index contributed by atoms with van der Waals surface area (Å²) in [6, 6.07) is 0. The molecule has 0 radical (unpaired) electrons. The summed E-state index contributed by atoms with van der Waals surface area (Å²) in [7, 11) is 0. The lowest BCUT2D eigenvalue weighted by molar-refractivity contribution is -0.143. The molecule has 0 heterocycles. The quantitative estimate of drug-likeness (QED) is 0.558. The van der Waals surface area contributed by atoms with Gasteiger partial charge in [-0.05, 0) is 26.2 Å². The molecule has 0 aromatic carbocycles. The molecule has 2 heteroatoms. The Labute approximate surface area is 68.2 Å². The number of aliphatic hydroxyl groups excluding tert-OH is 1. The second-order valence-electron chi connectivity index (χ2n) is 4.40. The summed E-state index contributed by atoms with van der Waals surface area (Å²) in [5, 5.41) is 19.5. The summed E-state index contributed by atoms with van der Waals surface area (Å²) >= 11 is 0. The fourth-order valence-corrected chi connectivity index (χ4v) is 1.68. The summed E-state index contributed by atoms with van der Waals surface area (Å²) in [5.41, 5.74) is -1.06. The van der Waals surface area contributed by atoms with Crippen molar-refractivity contribution in [3.63, 3.8) is 0 Å². The van der Waals surface area contributed by atoms with Crippen molar-refractivity contribution in [3.05, 3.63) is 0 Å². The third-order valence-electron chi connectivity index (χ3n) is 3.36. The van der Waals surface area contributed by atoms with E-state index >= 15 is 0 Å². The average molecular weight is 158 g/mol. The van der Waals surface area contributed by atoms with Gasteiger partial charge in [0.25, 0.3) is 0 Å². The molecule has 0 spiro atoms. The van der Waals surface area contributed by atoms with Gasteiger partial charge in [0, 0.05) is 5.41 Å². The van der Waals surface area contributed by atoms with Crippen LogP contribution in [-0.4, -0.2) is 21.9 Å². The minimum atomic E-state index is -0.704. The minimum absolute atomic E-state index is 0.355. The van der Waals surface area contributed by atoms with Crippen molar-refractivity contribution in [1.82, 2.24) is 0 Å². The Balaban J connectivity index is 2.82. The van der Waals surface area contributed by atoms with Crippen LogP contribution in [0, 0.1) is 5.41 Å². The highest BCUT2D eigenvalue weighted by Gasteiger charge is 2.46. The molecule has 2 nitrogen and oxygen atoms in total. The lowest BCUT2D eigenvalue weighted by Crippen LogP contribution is -2.52. The van der Waals surface area contributed by atoms with Gasteiger partial charge in [0.05, 0.1) is 11.7 Å². The summed E-state index contributed by atoms with van der Waals surface area (Å²) in [6.07, 6.45) is 2.20. The van der Waals surface area contributed by atoms with E-state index in [4.69, 9.17) is 0 Å². The molecular formula is C9H18O2. The Bertz CT molecular complexity index is 150. The highest BCUT2D eigenvalue weighted by Crippen LogP contribution is 2.43. The molecule has 1 rings (SSSR count). The predicted molar refractivity (Wildman–Crippen MR) is 44.3 cm³/mol. The Kier molecular flexibility index (Phi) is 2.01. The molecule has 2 N–H and O–H groups in total. The van der Waals surface area contributed by atoms with Gasteiger partial charge in [-0.25, -0.2) is 0 Å². The van der Waals surface area contributed by atoms with E-state index in [9.17, 15) is 10.2 Å². The van der Waals surface area contributed by atoms with E-state index in [0.717, 1.165) is 19.3 Å². The van der Waals surface area contributed by atoms with Crippen LogP contribution >= 0.6 is 0 Å². The zero-order chi connectivity index (χ0) is 8.70. The Morgan fingerprint density at radius 2 is 1.82 bits per heavy atom. The van der Waals surface area contributed by atoms with Gasteiger partial charge in [0.1, 0.15) is 0 Å². The first-order chi connectivity index (χ1) is 4.88. The SMILES string of the molecule is CC1(O)CCCC(O)C1(C)C. The van der Waals surface area contributed by atoms with Crippen molar-refractivity contribution in [2.24, 2.45) is 5.41 Å². The van der Waals surface area contributed by atoms with Crippen LogP contribution < -0.4 is 0 Å². The monoisotopic (exact) mass is 158 g/mol. The molecule has 1 aliphatic carbocycles. The standard InChI is InChI=1S/C9H18O2/c1-8(2)7(10)5-4-6-9(8,3)11/h7,10-11H,4-6H2,1-3H3. The van der Waals surface area contributed by atoms with Crippen LogP contribution in [0.3, 0.4) is 0 Å². The molecule has 66 valence electrons. The maximum atomic E-state index is 9.91. The van der Waals surface area contributed by atoms with E-state index in [1.54, 1.807) is 0 Å². The molecular weight excluding hydrogens is 140 g/mol. The van der Waals surface area contributed by atoms with E-state index < -0.39 is 5.60 Å². The van der Waals surface area contributed by atoms with Gasteiger partial charge < -0.3 is 10.2 Å². The fourth-order valence-electron chi connectivity index (χ4n) is 1.68. The van der Waals surface area contributed by atoms with Crippen LogP contribution in [0.4, 0.5) is 0 Å². The van der Waals surface area contributed by atoms with Crippen LogP contribution in [0.2, 0.25) is 0 Å². The summed E-state index contributed by atoms with van der Waals surface area (Å²) in [4.78, 5) is 0. The van der Waals surface area contributed by atoms with Gasteiger partial charge in [-0.3, -0.25) is 0 Å². The topological polar surface area (TPSA) is 40.5 Å². The van der Waals surface area contributed by atoms with Crippen LogP contribution in [0.5, 0.6) is 0 Å². The molecule has 0 aromatic rings. The highest BCUT2D eigenvalue weighted by molar-refractivity contribution is 4.97. The molecule has 1 saturated carbocycles. The van der Waals surface area contributed by atoms with Gasteiger partial charge in [0.2, 0.25) is 0 Å². The van der Waals surface area contributed by atoms with Crippen molar-refractivity contribution in [1.29, 1.82) is 0 Å². The number of hydrogen-bond acceptors (Lipinski definition) is 2. The largest absolute Gasteiger partial charge is 0.392 e. The predicted octanol–water partition coefficient (Wildman–Crippen LogP) is 1.31. The molecule has 1 fully saturated rings. The molecule has 0 aliphatic heterocycles.